The van der Waals surface area contributed by atoms with E-state index >= 15 is 0 Å². The van der Waals surface area contributed by atoms with E-state index in [-0.39, 0.29) is 11.5 Å². The number of halogens is 1. The van der Waals surface area contributed by atoms with E-state index in [4.69, 9.17) is 0 Å². The van der Waals surface area contributed by atoms with Gasteiger partial charge in [-0.2, -0.15) is 0 Å². The van der Waals surface area contributed by atoms with Crippen molar-refractivity contribution in [1.29, 1.82) is 0 Å². The van der Waals surface area contributed by atoms with Crippen LogP contribution >= 0.6 is 0 Å². The standard InChI is InChI=1S/C16H24FNO2/c1-5-16(20,6-2)14(11(3)4)18-15(19)12-9-7-8-10-13(12)17/h7-11,14,20H,5-6H2,1-4H3,(H,18,19)/t14-/m0/s1. The van der Waals surface area contributed by atoms with Crippen molar-refractivity contribution in [3.63, 3.8) is 0 Å². The van der Waals surface area contributed by atoms with E-state index in [1.807, 2.05) is 27.7 Å². The third-order valence-electron chi connectivity index (χ3n) is 3.88. The van der Waals surface area contributed by atoms with E-state index < -0.39 is 23.4 Å². The molecular formula is C16H24FNO2. The Morgan fingerprint density at radius 1 is 1.30 bits per heavy atom. The molecule has 3 nitrogen and oxygen atoms in total. The lowest BCUT2D eigenvalue weighted by Crippen LogP contribution is -2.55. The topological polar surface area (TPSA) is 49.3 Å². The summed E-state index contributed by atoms with van der Waals surface area (Å²) in [5.41, 5.74) is -0.970. The molecule has 0 saturated carbocycles. The van der Waals surface area contributed by atoms with Crippen LogP contribution in [0.4, 0.5) is 4.39 Å². The van der Waals surface area contributed by atoms with Gasteiger partial charge in [-0.25, -0.2) is 4.39 Å². The average Bonchev–Trinajstić information content (AvgIpc) is 2.43. The number of benzene rings is 1. The number of hydrogen-bond acceptors (Lipinski definition) is 2. The minimum Gasteiger partial charge on any atom is -0.388 e. The van der Waals surface area contributed by atoms with Crippen LogP contribution < -0.4 is 5.32 Å². The van der Waals surface area contributed by atoms with Gasteiger partial charge in [0.25, 0.3) is 5.91 Å². The fourth-order valence-corrected chi connectivity index (χ4v) is 2.48. The van der Waals surface area contributed by atoms with Gasteiger partial charge in [0, 0.05) is 0 Å². The second kappa shape index (κ2) is 6.84. The largest absolute Gasteiger partial charge is 0.388 e. The van der Waals surface area contributed by atoms with Gasteiger partial charge in [-0.1, -0.05) is 39.8 Å². The van der Waals surface area contributed by atoms with Crippen molar-refractivity contribution in [3.05, 3.63) is 35.6 Å². The maximum atomic E-state index is 13.6. The molecule has 1 amide bonds. The van der Waals surface area contributed by atoms with Gasteiger partial charge in [-0.15, -0.1) is 0 Å². The molecule has 4 heteroatoms. The predicted octanol–water partition coefficient (Wildman–Crippen LogP) is 3.13. The summed E-state index contributed by atoms with van der Waals surface area (Å²) in [5, 5.41) is 13.4. The summed E-state index contributed by atoms with van der Waals surface area (Å²) in [5.74, 6) is -0.984. The Bertz CT molecular complexity index is 456. The van der Waals surface area contributed by atoms with Crippen molar-refractivity contribution >= 4 is 5.91 Å². The molecule has 0 heterocycles. The van der Waals surface area contributed by atoms with Gasteiger partial charge >= 0.3 is 0 Å². The van der Waals surface area contributed by atoms with Crippen LogP contribution in [-0.2, 0) is 0 Å². The molecule has 0 radical (unpaired) electrons. The lowest BCUT2D eigenvalue weighted by atomic mass is 9.82. The van der Waals surface area contributed by atoms with Crippen LogP contribution in [-0.4, -0.2) is 22.7 Å². The zero-order valence-electron chi connectivity index (χ0n) is 12.6. The van der Waals surface area contributed by atoms with Gasteiger partial charge in [0.1, 0.15) is 5.82 Å². The third-order valence-corrected chi connectivity index (χ3v) is 3.88. The first kappa shape index (κ1) is 16.6. The molecule has 0 fully saturated rings. The van der Waals surface area contributed by atoms with Crippen molar-refractivity contribution in [1.82, 2.24) is 5.32 Å². The second-order valence-corrected chi connectivity index (χ2v) is 5.49. The first-order chi connectivity index (χ1) is 9.35. The Morgan fingerprint density at radius 2 is 1.85 bits per heavy atom. The Labute approximate surface area is 120 Å². The quantitative estimate of drug-likeness (QED) is 0.841. The Morgan fingerprint density at radius 3 is 2.30 bits per heavy atom. The SMILES string of the molecule is CCC(O)(CC)[C@@H](NC(=O)c1ccccc1F)C(C)C. The van der Waals surface area contributed by atoms with E-state index in [2.05, 4.69) is 5.32 Å². The highest BCUT2D eigenvalue weighted by atomic mass is 19.1. The first-order valence-electron chi connectivity index (χ1n) is 7.13. The lowest BCUT2D eigenvalue weighted by molar-refractivity contribution is -0.0192. The normalized spacial score (nSPS) is 13.3. The number of amides is 1. The fourth-order valence-electron chi connectivity index (χ4n) is 2.48. The summed E-state index contributed by atoms with van der Waals surface area (Å²) in [7, 11) is 0. The minimum atomic E-state index is -0.977. The fraction of sp³-hybridized carbons (Fsp3) is 0.562. The highest BCUT2D eigenvalue weighted by Gasteiger charge is 2.36. The highest BCUT2D eigenvalue weighted by Crippen LogP contribution is 2.25. The first-order valence-corrected chi connectivity index (χ1v) is 7.13. The monoisotopic (exact) mass is 281 g/mol. The molecule has 0 bridgehead atoms. The van der Waals surface area contributed by atoms with Crippen molar-refractivity contribution < 1.29 is 14.3 Å². The zero-order valence-corrected chi connectivity index (χ0v) is 12.6. The number of nitrogens with one attached hydrogen (secondary N) is 1. The van der Waals surface area contributed by atoms with Crippen LogP contribution in [0.15, 0.2) is 24.3 Å². The third kappa shape index (κ3) is 3.57. The molecule has 0 aromatic heterocycles. The minimum absolute atomic E-state index is 0.00714. The van der Waals surface area contributed by atoms with Crippen molar-refractivity contribution in [3.8, 4) is 0 Å². The van der Waals surface area contributed by atoms with Gasteiger partial charge < -0.3 is 10.4 Å². The van der Waals surface area contributed by atoms with E-state index in [9.17, 15) is 14.3 Å². The molecule has 1 aromatic carbocycles. The van der Waals surface area contributed by atoms with Crippen LogP contribution in [0.5, 0.6) is 0 Å². The lowest BCUT2D eigenvalue weighted by Gasteiger charge is -2.38. The van der Waals surface area contributed by atoms with Crippen LogP contribution in [0.2, 0.25) is 0 Å². The summed E-state index contributed by atoms with van der Waals surface area (Å²) >= 11 is 0. The Kier molecular flexibility index (Phi) is 5.69. The maximum absolute atomic E-state index is 13.6. The second-order valence-electron chi connectivity index (χ2n) is 5.49. The molecule has 1 atom stereocenters. The molecule has 112 valence electrons. The van der Waals surface area contributed by atoms with Gasteiger partial charge in [0.05, 0.1) is 17.2 Å². The molecule has 0 saturated heterocycles. The predicted molar refractivity (Wildman–Crippen MR) is 78.0 cm³/mol. The molecule has 0 aliphatic heterocycles. The molecule has 1 aromatic rings. The van der Waals surface area contributed by atoms with Crippen LogP contribution in [0.3, 0.4) is 0 Å². The van der Waals surface area contributed by atoms with E-state index in [0.29, 0.717) is 12.8 Å². The molecular weight excluding hydrogens is 257 g/mol. The molecule has 1 rings (SSSR count). The van der Waals surface area contributed by atoms with Gasteiger partial charge in [0.15, 0.2) is 0 Å². The van der Waals surface area contributed by atoms with Crippen molar-refractivity contribution in [2.75, 3.05) is 0 Å². The summed E-state index contributed by atoms with van der Waals surface area (Å²) < 4.78 is 13.6. The number of carbonyl (C=O) groups excluding carboxylic acids is 1. The average molecular weight is 281 g/mol. The Hall–Kier alpha value is -1.42. The van der Waals surface area contributed by atoms with E-state index in [1.54, 1.807) is 12.1 Å². The summed E-state index contributed by atoms with van der Waals surface area (Å²) in [6, 6.07) is 5.45. The van der Waals surface area contributed by atoms with E-state index in [1.165, 1.54) is 12.1 Å². The molecule has 0 aliphatic rings. The molecule has 2 N–H and O–H groups in total. The number of aliphatic hydroxyl groups is 1. The van der Waals surface area contributed by atoms with Crippen molar-refractivity contribution in [2.45, 2.75) is 52.2 Å². The van der Waals surface area contributed by atoms with Crippen LogP contribution in [0, 0.1) is 11.7 Å². The van der Waals surface area contributed by atoms with Gasteiger partial charge in [-0.05, 0) is 30.9 Å². The number of carbonyl (C=O) groups is 1. The number of hydrogen-bond donors (Lipinski definition) is 2. The molecule has 0 unspecified atom stereocenters. The van der Waals surface area contributed by atoms with Crippen molar-refractivity contribution in [2.24, 2.45) is 5.92 Å². The smallest absolute Gasteiger partial charge is 0.254 e. The molecule has 20 heavy (non-hydrogen) atoms. The highest BCUT2D eigenvalue weighted by molar-refractivity contribution is 5.94. The summed E-state index contributed by atoms with van der Waals surface area (Å²) in [4.78, 5) is 12.2. The molecule has 0 spiro atoms. The summed E-state index contributed by atoms with van der Waals surface area (Å²) in [6.45, 7) is 7.63. The van der Waals surface area contributed by atoms with Crippen LogP contribution in [0.25, 0.3) is 0 Å². The number of rotatable bonds is 6. The van der Waals surface area contributed by atoms with Gasteiger partial charge in [0.2, 0.25) is 0 Å². The summed E-state index contributed by atoms with van der Waals surface area (Å²) in [6.07, 6.45) is 1.06. The molecule has 0 aliphatic carbocycles. The van der Waals surface area contributed by atoms with Crippen LogP contribution in [0.1, 0.15) is 50.9 Å². The van der Waals surface area contributed by atoms with Gasteiger partial charge in [-0.3, -0.25) is 4.79 Å². The maximum Gasteiger partial charge on any atom is 0.254 e. The zero-order chi connectivity index (χ0) is 15.3. The van der Waals surface area contributed by atoms with E-state index in [0.717, 1.165) is 0 Å². The Balaban J connectivity index is 2.98.